The minimum atomic E-state index is -0.541. The van der Waals surface area contributed by atoms with E-state index in [1.165, 1.54) is 17.0 Å². The number of aryl methyl sites for hydroxylation is 1. The molecule has 0 amide bonds. The van der Waals surface area contributed by atoms with Crippen molar-refractivity contribution in [3.63, 3.8) is 0 Å². The van der Waals surface area contributed by atoms with Gasteiger partial charge in [-0.25, -0.2) is 9.07 Å². The van der Waals surface area contributed by atoms with Crippen molar-refractivity contribution in [2.75, 3.05) is 13.2 Å². The fraction of sp³-hybridized carbons (Fsp3) is 0.310. The number of aromatic amines is 1. The molecule has 1 N–H and O–H groups in total. The third-order valence-corrected chi connectivity index (χ3v) is 8.09. The fourth-order valence-electron chi connectivity index (χ4n) is 5.30. The van der Waals surface area contributed by atoms with Crippen molar-refractivity contribution in [2.45, 2.75) is 45.0 Å². The van der Waals surface area contributed by atoms with Crippen LogP contribution in [0.1, 0.15) is 46.3 Å². The van der Waals surface area contributed by atoms with E-state index < -0.39 is 6.04 Å². The highest BCUT2D eigenvalue weighted by molar-refractivity contribution is 7.09. The number of nitrogens with zero attached hydrogens (tertiary/aromatic N) is 5. The summed E-state index contributed by atoms with van der Waals surface area (Å²) in [6, 6.07) is 17.8. The maximum atomic E-state index is 13.7. The van der Waals surface area contributed by atoms with E-state index in [2.05, 4.69) is 36.9 Å². The van der Waals surface area contributed by atoms with Gasteiger partial charge in [0, 0.05) is 30.1 Å². The molecule has 1 fully saturated rings. The molecule has 0 radical (unpaired) electrons. The summed E-state index contributed by atoms with van der Waals surface area (Å²) < 4.78 is 21.3. The summed E-state index contributed by atoms with van der Waals surface area (Å²) in [7, 11) is 0. The minimum absolute atomic E-state index is 0.0515. The van der Waals surface area contributed by atoms with E-state index in [9.17, 15) is 9.18 Å². The minimum Gasteiger partial charge on any atom is -0.377 e. The number of halogens is 1. The number of thiophene rings is 1. The average Bonchev–Trinajstić information content (AvgIpc) is 3.71. The molecular formula is C29H29FN6O2S. The number of fused-ring (bicyclic) bond motifs is 1. The van der Waals surface area contributed by atoms with Gasteiger partial charge < -0.3 is 9.72 Å². The fourth-order valence-corrected chi connectivity index (χ4v) is 6.03. The molecule has 0 saturated carbocycles. The quantitative estimate of drug-likeness (QED) is 0.286. The maximum absolute atomic E-state index is 13.7. The summed E-state index contributed by atoms with van der Waals surface area (Å²) in [5, 5.41) is 15.8. The Morgan fingerprint density at radius 3 is 2.85 bits per heavy atom. The lowest BCUT2D eigenvalue weighted by molar-refractivity contribution is 0.0578. The SMILES string of the molecule is Cc1cccc2cc(C(c3nnnn3Cc3ccc(F)cc3)N(Cc3cccs3)CC3CCCO3)c(=O)[nH]c12. The second kappa shape index (κ2) is 11.2. The van der Waals surface area contributed by atoms with Crippen molar-refractivity contribution >= 4 is 22.2 Å². The van der Waals surface area contributed by atoms with Crippen molar-refractivity contribution in [3.8, 4) is 0 Å². The van der Waals surface area contributed by atoms with Crippen LogP contribution in [0.25, 0.3) is 10.9 Å². The van der Waals surface area contributed by atoms with Crippen LogP contribution >= 0.6 is 11.3 Å². The van der Waals surface area contributed by atoms with Gasteiger partial charge in [0.15, 0.2) is 5.82 Å². The van der Waals surface area contributed by atoms with Crippen molar-refractivity contribution in [3.05, 3.63) is 110 Å². The van der Waals surface area contributed by atoms with Crippen LogP contribution < -0.4 is 5.56 Å². The number of aromatic nitrogens is 5. The van der Waals surface area contributed by atoms with Crippen molar-refractivity contribution in [1.29, 1.82) is 0 Å². The highest BCUT2D eigenvalue weighted by Gasteiger charge is 2.33. The molecule has 0 bridgehead atoms. The first kappa shape index (κ1) is 25.5. The van der Waals surface area contributed by atoms with Gasteiger partial charge in [-0.2, -0.15) is 0 Å². The van der Waals surface area contributed by atoms with E-state index in [4.69, 9.17) is 4.74 Å². The molecule has 5 aromatic rings. The Balaban J connectivity index is 1.49. The molecule has 2 atom stereocenters. The number of hydrogen-bond donors (Lipinski definition) is 1. The smallest absolute Gasteiger partial charge is 0.253 e. The van der Waals surface area contributed by atoms with Crippen LogP contribution in [-0.2, 0) is 17.8 Å². The number of rotatable bonds is 9. The van der Waals surface area contributed by atoms with Crippen molar-refractivity contribution < 1.29 is 9.13 Å². The van der Waals surface area contributed by atoms with Crippen molar-refractivity contribution in [1.82, 2.24) is 30.1 Å². The predicted octanol–water partition coefficient (Wildman–Crippen LogP) is 4.84. The summed E-state index contributed by atoms with van der Waals surface area (Å²) >= 11 is 1.67. The van der Waals surface area contributed by atoms with Crippen LogP contribution in [0, 0.1) is 12.7 Å². The van der Waals surface area contributed by atoms with Crippen LogP contribution in [0.15, 0.2) is 70.8 Å². The summed E-state index contributed by atoms with van der Waals surface area (Å²) in [5.41, 5.74) is 3.07. The highest BCUT2D eigenvalue weighted by Crippen LogP contribution is 2.31. The molecule has 0 aliphatic carbocycles. The Labute approximate surface area is 229 Å². The summed E-state index contributed by atoms with van der Waals surface area (Å²) in [5.74, 6) is 0.247. The van der Waals surface area contributed by atoms with Gasteiger partial charge in [-0.3, -0.25) is 9.69 Å². The zero-order chi connectivity index (χ0) is 26.8. The lowest BCUT2D eigenvalue weighted by Crippen LogP contribution is -2.39. The second-order valence-electron chi connectivity index (χ2n) is 9.96. The number of hydrogen-bond acceptors (Lipinski definition) is 7. The topological polar surface area (TPSA) is 88.9 Å². The largest absolute Gasteiger partial charge is 0.377 e. The maximum Gasteiger partial charge on any atom is 0.253 e. The van der Waals surface area contributed by atoms with E-state index in [1.54, 1.807) is 28.2 Å². The Hall–Kier alpha value is -3.73. The zero-order valence-electron chi connectivity index (χ0n) is 21.6. The molecule has 10 heteroatoms. The van der Waals surface area contributed by atoms with Crippen LogP contribution in [-0.4, -0.2) is 49.3 Å². The molecule has 1 saturated heterocycles. The molecule has 200 valence electrons. The van der Waals surface area contributed by atoms with Gasteiger partial charge in [0.05, 0.1) is 18.2 Å². The lowest BCUT2D eigenvalue weighted by atomic mass is 10.0. The number of pyridine rings is 1. The number of para-hydroxylation sites is 1. The molecule has 2 aromatic carbocycles. The standard InChI is InChI=1S/C29H29FN6O2S/c1-19-5-2-6-21-15-25(29(37)31-26(19)21)27(28-32-33-34-36(28)16-20-9-11-22(30)12-10-20)35(17-23-7-3-13-38-23)18-24-8-4-14-39-24/h2,4-6,8-12,14-15,23,27H,3,7,13,16-18H2,1H3,(H,31,37). The Morgan fingerprint density at radius 1 is 1.21 bits per heavy atom. The molecular weight excluding hydrogens is 515 g/mol. The Kier molecular flexibility index (Phi) is 7.32. The number of tetrazole rings is 1. The number of ether oxygens (including phenoxy) is 1. The molecule has 8 nitrogen and oxygen atoms in total. The molecule has 3 aromatic heterocycles. The third kappa shape index (κ3) is 5.54. The molecule has 4 heterocycles. The summed E-state index contributed by atoms with van der Waals surface area (Å²) in [6.45, 7) is 4.30. The van der Waals surface area contributed by atoms with E-state index in [0.717, 1.165) is 41.5 Å². The van der Waals surface area contributed by atoms with Crippen molar-refractivity contribution in [2.24, 2.45) is 0 Å². The van der Waals surface area contributed by atoms with Crippen LogP contribution in [0.4, 0.5) is 4.39 Å². The van der Waals surface area contributed by atoms with E-state index in [-0.39, 0.29) is 17.5 Å². The van der Waals surface area contributed by atoms with Gasteiger partial charge in [-0.1, -0.05) is 36.4 Å². The normalized spacial score (nSPS) is 16.3. The molecule has 6 rings (SSSR count). The monoisotopic (exact) mass is 544 g/mol. The first-order chi connectivity index (χ1) is 19.0. The van der Waals surface area contributed by atoms with Gasteiger partial charge in [0.25, 0.3) is 5.56 Å². The van der Waals surface area contributed by atoms with Crippen LogP contribution in [0.3, 0.4) is 0 Å². The zero-order valence-corrected chi connectivity index (χ0v) is 22.4. The van der Waals surface area contributed by atoms with Gasteiger partial charge >= 0.3 is 0 Å². The van der Waals surface area contributed by atoms with Gasteiger partial charge in [0.2, 0.25) is 0 Å². The van der Waals surface area contributed by atoms with E-state index in [0.29, 0.717) is 31.0 Å². The number of nitrogens with one attached hydrogen (secondary N) is 1. The highest BCUT2D eigenvalue weighted by atomic mass is 32.1. The molecule has 39 heavy (non-hydrogen) atoms. The molecule has 1 aliphatic rings. The third-order valence-electron chi connectivity index (χ3n) is 7.23. The number of benzene rings is 2. The van der Waals surface area contributed by atoms with Gasteiger partial charge in [0.1, 0.15) is 11.9 Å². The first-order valence-corrected chi connectivity index (χ1v) is 13.9. The van der Waals surface area contributed by atoms with E-state index in [1.807, 2.05) is 37.3 Å². The lowest BCUT2D eigenvalue weighted by Gasteiger charge is -2.32. The Morgan fingerprint density at radius 2 is 2.08 bits per heavy atom. The average molecular weight is 545 g/mol. The second-order valence-corrected chi connectivity index (χ2v) is 11.0. The molecule has 1 aliphatic heterocycles. The first-order valence-electron chi connectivity index (χ1n) is 13.1. The van der Waals surface area contributed by atoms with E-state index >= 15 is 0 Å². The van der Waals surface area contributed by atoms with Gasteiger partial charge in [-0.05, 0) is 76.4 Å². The molecule has 2 unspecified atom stereocenters. The van der Waals surface area contributed by atoms with Crippen LogP contribution in [0.2, 0.25) is 0 Å². The predicted molar refractivity (Wildman–Crippen MR) is 148 cm³/mol. The van der Waals surface area contributed by atoms with Gasteiger partial charge in [-0.15, -0.1) is 16.4 Å². The number of H-pyrrole nitrogens is 1. The molecule has 0 spiro atoms. The van der Waals surface area contributed by atoms with Crippen LogP contribution in [0.5, 0.6) is 0 Å². The summed E-state index contributed by atoms with van der Waals surface area (Å²) in [6.07, 6.45) is 2.03. The summed E-state index contributed by atoms with van der Waals surface area (Å²) in [4.78, 5) is 20.3. The Bertz CT molecular complexity index is 1610.